The number of aryl methyl sites for hydroxylation is 1. The van der Waals surface area contributed by atoms with E-state index in [0.29, 0.717) is 23.2 Å². The van der Waals surface area contributed by atoms with Crippen LogP contribution in [0.25, 0.3) is 0 Å². The monoisotopic (exact) mass is 398 g/mol. The van der Waals surface area contributed by atoms with Gasteiger partial charge in [0.1, 0.15) is 5.00 Å². The van der Waals surface area contributed by atoms with E-state index in [1.807, 2.05) is 18.2 Å². The SMILES string of the molecule is NC(=O)c1c(NC(=O)CN2CCC(Nc3ccccc3)C2)sc2c1CCCC2. The smallest absolute Gasteiger partial charge is 0.251 e. The topological polar surface area (TPSA) is 87.5 Å². The zero-order chi connectivity index (χ0) is 19.5. The average Bonchev–Trinajstić information content (AvgIpc) is 3.26. The summed E-state index contributed by atoms with van der Waals surface area (Å²) in [5.74, 6) is -0.524. The first-order valence-electron chi connectivity index (χ1n) is 9.88. The fraction of sp³-hybridized carbons (Fsp3) is 0.429. The second-order valence-corrected chi connectivity index (χ2v) is 8.66. The Balaban J connectivity index is 1.35. The predicted octanol–water partition coefficient (Wildman–Crippen LogP) is 2.85. The minimum atomic E-state index is -0.442. The second kappa shape index (κ2) is 8.32. The van der Waals surface area contributed by atoms with E-state index in [2.05, 4.69) is 27.7 Å². The van der Waals surface area contributed by atoms with Crippen LogP contribution in [0.2, 0.25) is 0 Å². The Morgan fingerprint density at radius 1 is 1.18 bits per heavy atom. The molecule has 1 aliphatic carbocycles. The van der Waals surface area contributed by atoms with E-state index in [4.69, 9.17) is 5.73 Å². The van der Waals surface area contributed by atoms with Crippen LogP contribution in [0.3, 0.4) is 0 Å². The van der Waals surface area contributed by atoms with Crippen molar-refractivity contribution in [2.45, 2.75) is 38.1 Å². The zero-order valence-corrected chi connectivity index (χ0v) is 16.7. The van der Waals surface area contributed by atoms with Gasteiger partial charge in [0.25, 0.3) is 5.91 Å². The molecule has 0 radical (unpaired) electrons. The molecule has 0 spiro atoms. The van der Waals surface area contributed by atoms with E-state index >= 15 is 0 Å². The number of carbonyl (C=O) groups excluding carboxylic acids is 2. The van der Waals surface area contributed by atoms with Gasteiger partial charge in [-0.1, -0.05) is 18.2 Å². The molecule has 1 aromatic heterocycles. The number of primary amides is 1. The number of rotatable bonds is 6. The number of nitrogens with two attached hydrogens (primary N) is 1. The number of amides is 2. The van der Waals surface area contributed by atoms with Crippen molar-refractivity contribution in [1.82, 2.24) is 4.90 Å². The summed E-state index contributed by atoms with van der Waals surface area (Å²) in [6.07, 6.45) is 5.04. The van der Waals surface area contributed by atoms with Crippen LogP contribution in [0.15, 0.2) is 30.3 Å². The molecule has 4 rings (SSSR count). The van der Waals surface area contributed by atoms with Crippen LogP contribution in [-0.4, -0.2) is 42.4 Å². The number of likely N-dealkylation sites (tertiary alicyclic amines) is 1. The molecule has 0 saturated carbocycles. The fourth-order valence-corrected chi connectivity index (χ4v) is 5.46. The lowest BCUT2D eigenvalue weighted by atomic mass is 9.95. The lowest BCUT2D eigenvalue weighted by molar-refractivity contribution is -0.117. The van der Waals surface area contributed by atoms with Crippen molar-refractivity contribution in [2.24, 2.45) is 5.73 Å². The molecule has 6 nitrogen and oxygen atoms in total. The Labute approximate surface area is 169 Å². The third kappa shape index (κ3) is 4.20. The van der Waals surface area contributed by atoms with Crippen LogP contribution in [-0.2, 0) is 17.6 Å². The largest absolute Gasteiger partial charge is 0.381 e. The summed E-state index contributed by atoms with van der Waals surface area (Å²) in [6.45, 7) is 2.03. The number of fused-ring (bicyclic) bond motifs is 1. The Morgan fingerprint density at radius 2 is 1.96 bits per heavy atom. The summed E-state index contributed by atoms with van der Waals surface area (Å²) in [4.78, 5) is 27.9. The van der Waals surface area contributed by atoms with Crippen LogP contribution >= 0.6 is 11.3 Å². The normalized spacial score (nSPS) is 19.2. The summed E-state index contributed by atoms with van der Waals surface area (Å²) in [6, 6.07) is 10.5. The molecule has 7 heteroatoms. The molecule has 148 valence electrons. The molecule has 2 amide bonds. The lowest BCUT2D eigenvalue weighted by Gasteiger charge is -2.17. The van der Waals surface area contributed by atoms with E-state index in [0.717, 1.165) is 56.4 Å². The number of nitrogens with one attached hydrogen (secondary N) is 2. The van der Waals surface area contributed by atoms with Crippen LogP contribution in [0.4, 0.5) is 10.7 Å². The van der Waals surface area contributed by atoms with Crippen molar-refractivity contribution < 1.29 is 9.59 Å². The minimum Gasteiger partial charge on any atom is -0.381 e. The first-order chi connectivity index (χ1) is 13.6. The molecular formula is C21H26N4O2S. The Bertz CT molecular complexity index is 865. The molecule has 1 aromatic carbocycles. The maximum Gasteiger partial charge on any atom is 0.251 e. The fourth-order valence-electron chi connectivity index (χ4n) is 4.15. The maximum atomic E-state index is 12.6. The average molecular weight is 399 g/mol. The van der Waals surface area contributed by atoms with E-state index < -0.39 is 5.91 Å². The summed E-state index contributed by atoms with van der Waals surface area (Å²) in [5, 5.41) is 7.10. The van der Waals surface area contributed by atoms with E-state index in [1.54, 1.807) is 0 Å². The van der Waals surface area contributed by atoms with E-state index in [-0.39, 0.29) is 5.91 Å². The van der Waals surface area contributed by atoms with Gasteiger partial charge in [0.2, 0.25) is 5.91 Å². The Hall–Kier alpha value is -2.38. The number of hydrogen-bond acceptors (Lipinski definition) is 5. The van der Waals surface area contributed by atoms with Gasteiger partial charge in [-0.2, -0.15) is 0 Å². The van der Waals surface area contributed by atoms with Gasteiger partial charge in [0, 0.05) is 29.7 Å². The van der Waals surface area contributed by atoms with Gasteiger partial charge >= 0.3 is 0 Å². The van der Waals surface area contributed by atoms with Crippen molar-refractivity contribution in [2.75, 3.05) is 30.3 Å². The molecule has 1 unspecified atom stereocenters. The van der Waals surface area contributed by atoms with Gasteiger partial charge in [-0.3, -0.25) is 14.5 Å². The Morgan fingerprint density at radius 3 is 2.75 bits per heavy atom. The number of carbonyl (C=O) groups is 2. The molecule has 1 atom stereocenters. The van der Waals surface area contributed by atoms with Crippen molar-refractivity contribution in [1.29, 1.82) is 0 Å². The molecule has 2 aromatic rings. The molecular weight excluding hydrogens is 372 g/mol. The highest BCUT2D eigenvalue weighted by Gasteiger charge is 2.27. The number of nitrogens with zero attached hydrogens (tertiary/aromatic N) is 1. The summed E-state index contributed by atoms with van der Waals surface area (Å²) in [7, 11) is 0. The maximum absolute atomic E-state index is 12.6. The van der Waals surface area contributed by atoms with Gasteiger partial charge in [-0.25, -0.2) is 0 Å². The minimum absolute atomic E-state index is 0.0820. The molecule has 1 aliphatic heterocycles. The Kier molecular flexibility index (Phi) is 5.64. The summed E-state index contributed by atoms with van der Waals surface area (Å²) < 4.78 is 0. The van der Waals surface area contributed by atoms with Crippen LogP contribution in [0, 0.1) is 0 Å². The van der Waals surface area contributed by atoms with Crippen LogP contribution in [0.1, 0.15) is 40.1 Å². The number of hydrogen-bond donors (Lipinski definition) is 3. The van der Waals surface area contributed by atoms with Gasteiger partial charge < -0.3 is 16.4 Å². The number of thiophene rings is 1. The molecule has 0 bridgehead atoms. The highest BCUT2D eigenvalue weighted by Crippen LogP contribution is 2.37. The first-order valence-corrected chi connectivity index (χ1v) is 10.7. The van der Waals surface area contributed by atoms with Crippen molar-refractivity contribution in [3.8, 4) is 0 Å². The quantitative estimate of drug-likeness (QED) is 0.698. The molecule has 1 saturated heterocycles. The molecule has 2 aliphatic rings. The second-order valence-electron chi connectivity index (χ2n) is 7.56. The molecule has 1 fully saturated rings. The third-order valence-corrected chi connectivity index (χ3v) is 6.66. The van der Waals surface area contributed by atoms with Gasteiger partial charge in [-0.05, 0) is 49.8 Å². The zero-order valence-electron chi connectivity index (χ0n) is 15.9. The van der Waals surface area contributed by atoms with Gasteiger partial charge in [-0.15, -0.1) is 11.3 Å². The van der Waals surface area contributed by atoms with Gasteiger partial charge in [0.05, 0.1) is 12.1 Å². The number of anilines is 2. The van der Waals surface area contributed by atoms with Crippen LogP contribution < -0.4 is 16.4 Å². The standard InChI is InChI=1S/C21H26N4O2S/c22-20(27)19-16-8-4-5-9-17(16)28-21(19)24-18(26)13-25-11-10-15(12-25)23-14-6-2-1-3-7-14/h1-3,6-7,15,23H,4-5,8-13H2,(H2,22,27)(H,24,26). The molecule has 4 N–H and O–H groups in total. The van der Waals surface area contributed by atoms with Crippen LogP contribution in [0.5, 0.6) is 0 Å². The molecule has 28 heavy (non-hydrogen) atoms. The summed E-state index contributed by atoms with van der Waals surface area (Å²) in [5.41, 5.74) is 8.29. The van der Waals surface area contributed by atoms with Crippen molar-refractivity contribution in [3.05, 3.63) is 46.3 Å². The highest BCUT2D eigenvalue weighted by atomic mass is 32.1. The molecule has 2 heterocycles. The van der Waals surface area contributed by atoms with Crippen molar-refractivity contribution >= 4 is 33.8 Å². The summed E-state index contributed by atoms with van der Waals surface area (Å²) >= 11 is 1.52. The van der Waals surface area contributed by atoms with E-state index in [9.17, 15) is 9.59 Å². The number of benzene rings is 1. The van der Waals surface area contributed by atoms with Gasteiger partial charge in [0.15, 0.2) is 0 Å². The highest BCUT2D eigenvalue weighted by molar-refractivity contribution is 7.17. The van der Waals surface area contributed by atoms with E-state index in [1.165, 1.54) is 16.2 Å². The van der Waals surface area contributed by atoms with Crippen molar-refractivity contribution in [3.63, 3.8) is 0 Å². The number of para-hydroxylation sites is 1. The predicted molar refractivity (Wildman–Crippen MR) is 113 cm³/mol. The first kappa shape index (κ1) is 19.0. The third-order valence-electron chi connectivity index (χ3n) is 5.45. The lowest BCUT2D eigenvalue weighted by Crippen LogP contribution is -2.33.